The molecule has 1 atom stereocenters. The lowest BCUT2D eigenvalue weighted by atomic mass is 9.87. The maximum atomic E-state index is 12.5. The largest absolute Gasteiger partial charge is 0.338 e. The zero-order valence-corrected chi connectivity index (χ0v) is 14.1. The molecule has 0 N–H and O–H groups in total. The van der Waals surface area contributed by atoms with E-state index >= 15 is 0 Å². The van der Waals surface area contributed by atoms with E-state index in [4.69, 9.17) is 23.2 Å². The summed E-state index contributed by atoms with van der Waals surface area (Å²) in [5.74, 6) is -0.395. The van der Waals surface area contributed by atoms with E-state index < -0.39 is 10.8 Å². The molecule has 0 aliphatic heterocycles. The summed E-state index contributed by atoms with van der Waals surface area (Å²) in [6.45, 7) is 7.92. The van der Waals surface area contributed by atoms with E-state index in [1.807, 2.05) is 27.7 Å². The van der Waals surface area contributed by atoms with Crippen molar-refractivity contribution in [3.05, 3.63) is 37.9 Å². The van der Waals surface area contributed by atoms with Crippen LogP contribution in [0.1, 0.15) is 38.1 Å². The second kappa shape index (κ2) is 6.20. The molecule has 1 amide bonds. The van der Waals surface area contributed by atoms with Crippen LogP contribution >= 0.6 is 23.2 Å². The minimum absolute atomic E-state index is 0.00831. The SMILES string of the molecule is CC(N(C)C(=O)c1cc([N+](=O)[O-])cc(Cl)c1Cl)C(C)(C)C. The molecule has 0 aliphatic rings. The number of nitro benzene ring substituents is 1. The Bertz CT molecular complexity index is 582. The molecule has 0 aliphatic carbocycles. The smallest absolute Gasteiger partial charge is 0.271 e. The van der Waals surface area contributed by atoms with Crippen molar-refractivity contribution >= 4 is 34.8 Å². The van der Waals surface area contributed by atoms with Crippen molar-refractivity contribution in [3.8, 4) is 0 Å². The van der Waals surface area contributed by atoms with Gasteiger partial charge in [0, 0.05) is 25.2 Å². The van der Waals surface area contributed by atoms with Gasteiger partial charge in [-0.3, -0.25) is 14.9 Å². The molecular formula is C14H18Cl2N2O3. The standard InChI is InChI=1S/C14H18Cl2N2O3/c1-8(14(2,3)4)17(5)13(19)10-6-9(18(20)21)7-11(15)12(10)16/h6-8H,1-5H3. The second-order valence-corrected chi connectivity index (χ2v) is 6.79. The summed E-state index contributed by atoms with van der Waals surface area (Å²) in [6, 6.07) is 2.20. The zero-order chi connectivity index (χ0) is 16.5. The summed E-state index contributed by atoms with van der Waals surface area (Å²) in [6.07, 6.45) is 0. The molecule has 1 aromatic carbocycles. The lowest BCUT2D eigenvalue weighted by Crippen LogP contribution is -2.43. The Hall–Kier alpha value is -1.33. The van der Waals surface area contributed by atoms with Crippen LogP contribution in [0, 0.1) is 15.5 Å². The van der Waals surface area contributed by atoms with Gasteiger partial charge in [-0.2, -0.15) is 0 Å². The van der Waals surface area contributed by atoms with Gasteiger partial charge in [-0.15, -0.1) is 0 Å². The monoisotopic (exact) mass is 332 g/mol. The van der Waals surface area contributed by atoms with E-state index in [1.165, 1.54) is 4.90 Å². The number of nitro groups is 1. The van der Waals surface area contributed by atoms with Crippen molar-refractivity contribution < 1.29 is 9.72 Å². The minimum atomic E-state index is -0.605. The number of hydrogen-bond donors (Lipinski definition) is 0. The van der Waals surface area contributed by atoms with Gasteiger partial charge in [0.2, 0.25) is 0 Å². The van der Waals surface area contributed by atoms with E-state index in [0.29, 0.717) is 0 Å². The molecule has 0 spiro atoms. The highest BCUT2D eigenvalue weighted by Gasteiger charge is 2.30. The second-order valence-electron chi connectivity index (χ2n) is 6.00. The van der Waals surface area contributed by atoms with Gasteiger partial charge in [0.15, 0.2) is 0 Å². The van der Waals surface area contributed by atoms with Crippen LogP contribution < -0.4 is 0 Å². The summed E-state index contributed by atoms with van der Waals surface area (Å²) in [5, 5.41) is 10.9. The number of benzene rings is 1. The van der Waals surface area contributed by atoms with Crippen molar-refractivity contribution in [2.75, 3.05) is 7.05 Å². The molecule has 0 aromatic heterocycles. The molecule has 0 saturated heterocycles. The third kappa shape index (κ3) is 3.86. The normalized spacial score (nSPS) is 12.9. The first-order chi connectivity index (χ1) is 9.46. The quantitative estimate of drug-likeness (QED) is 0.608. The fourth-order valence-electron chi connectivity index (χ4n) is 1.78. The Balaban J connectivity index is 3.27. The van der Waals surface area contributed by atoms with Crippen LogP contribution in [0.5, 0.6) is 0 Å². The Morgan fingerprint density at radius 3 is 2.29 bits per heavy atom. The zero-order valence-electron chi connectivity index (χ0n) is 12.6. The molecule has 116 valence electrons. The van der Waals surface area contributed by atoms with Gasteiger partial charge < -0.3 is 4.90 Å². The number of carbonyl (C=O) groups is 1. The highest BCUT2D eigenvalue weighted by molar-refractivity contribution is 6.44. The van der Waals surface area contributed by atoms with Crippen LogP contribution in [0.4, 0.5) is 5.69 Å². The van der Waals surface area contributed by atoms with E-state index in [9.17, 15) is 14.9 Å². The number of carbonyl (C=O) groups excluding carboxylic acids is 1. The predicted molar refractivity (Wildman–Crippen MR) is 84.1 cm³/mol. The van der Waals surface area contributed by atoms with E-state index in [0.717, 1.165) is 12.1 Å². The van der Waals surface area contributed by atoms with Crippen molar-refractivity contribution in [2.24, 2.45) is 5.41 Å². The van der Waals surface area contributed by atoms with E-state index in [1.54, 1.807) is 7.05 Å². The lowest BCUT2D eigenvalue weighted by molar-refractivity contribution is -0.384. The lowest BCUT2D eigenvalue weighted by Gasteiger charge is -2.35. The highest BCUT2D eigenvalue weighted by atomic mass is 35.5. The van der Waals surface area contributed by atoms with Crippen LogP contribution in [0.2, 0.25) is 10.0 Å². The molecule has 1 aromatic rings. The van der Waals surface area contributed by atoms with Crippen molar-refractivity contribution in [3.63, 3.8) is 0 Å². The minimum Gasteiger partial charge on any atom is -0.338 e. The molecule has 0 radical (unpaired) electrons. The molecule has 5 nitrogen and oxygen atoms in total. The van der Waals surface area contributed by atoms with Crippen LogP contribution in [0.15, 0.2) is 12.1 Å². The van der Waals surface area contributed by atoms with Crippen LogP contribution in [-0.2, 0) is 0 Å². The summed E-state index contributed by atoms with van der Waals surface area (Å²) >= 11 is 11.9. The summed E-state index contributed by atoms with van der Waals surface area (Å²) in [5.41, 5.74) is -0.361. The third-order valence-corrected chi connectivity index (χ3v) is 4.41. The first kappa shape index (κ1) is 17.7. The van der Waals surface area contributed by atoms with Gasteiger partial charge in [0.25, 0.3) is 11.6 Å². The Labute approximate surface area is 134 Å². The Morgan fingerprint density at radius 1 is 1.33 bits per heavy atom. The van der Waals surface area contributed by atoms with Crippen LogP contribution in [0.25, 0.3) is 0 Å². The molecule has 0 heterocycles. The Morgan fingerprint density at radius 2 is 1.86 bits per heavy atom. The van der Waals surface area contributed by atoms with Crippen LogP contribution in [0.3, 0.4) is 0 Å². The number of halogens is 2. The maximum Gasteiger partial charge on any atom is 0.271 e. The average molecular weight is 333 g/mol. The predicted octanol–water partition coefficient (Wildman–Crippen LogP) is 4.41. The molecule has 21 heavy (non-hydrogen) atoms. The van der Waals surface area contributed by atoms with Crippen molar-refractivity contribution in [1.29, 1.82) is 0 Å². The first-order valence-corrected chi connectivity index (χ1v) is 7.13. The summed E-state index contributed by atoms with van der Waals surface area (Å²) in [7, 11) is 1.64. The Kier molecular flexibility index (Phi) is 5.23. The molecule has 0 bridgehead atoms. The number of nitrogens with zero attached hydrogens (tertiary/aromatic N) is 2. The molecule has 1 unspecified atom stereocenters. The number of amides is 1. The highest BCUT2D eigenvalue weighted by Crippen LogP contribution is 2.33. The molecule has 7 heteroatoms. The molecule has 1 rings (SSSR count). The fraction of sp³-hybridized carbons (Fsp3) is 0.500. The van der Waals surface area contributed by atoms with Gasteiger partial charge in [-0.05, 0) is 12.3 Å². The van der Waals surface area contributed by atoms with Gasteiger partial charge in [-0.25, -0.2) is 0 Å². The maximum absolute atomic E-state index is 12.5. The number of hydrogen-bond acceptors (Lipinski definition) is 3. The van der Waals surface area contributed by atoms with Gasteiger partial charge in [0.1, 0.15) is 0 Å². The van der Waals surface area contributed by atoms with Gasteiger partial charge in [-0.1, -0.05) is 44.0 Å². The van der Waals surface area contributed by atoms with Crippen LogP contribution in [-0.4, -0.2) is 28.8 Å². The molecule has 0 saturated carbocycles. The third-order valence-electron chi connectivity index (χ3n) is 3.61. The van der Waals surface area contributed by atoms with Crippen molar-refractivity contribution in [2.45, 2.75) is 33.7 Å². The summed E-state index contributed by atoms with van der Waals surface area (Å²) < 4.78 is 0. The average Bonchev–Trinajstić information content (AvgIpc) is 2.37. The molecule has 0 fully saturated rings. The van der Waals surface area contributed by atoms with Gasteiger partial charge in [0.05, 0.1) is 20.5 Å². The number of rotatable bonds is 3. The van der Waals surface area contributed by atoms with E-state index in [-0.39, 0.29) is 32.8 Å². The topological polar surface area (TPSA) is 63.5 Å². The van der Waals surface area contributed by atoms with Gasteiger partial charge >= 0.3 is 0 Å². The first-order valence-electron chi connectivity index (χ1n) is 6.37. The molecular weight excluding hydrogens is 315 g/mol. The summed E-state index contributed by atoms with van der Waals surface area (Å²) in [4.78, 5) is 24.3. The fourth-order valence-corrected chi connectivity index (χ4v) is 2.19. The van der Waals surface area contributed by atoms with Crippen molar-refractivity contribution in [1.82, 2.24) is 4.90 Å². The van der Waals surface area contributed by atoms with E-state index in [2.05, 4.69) is 0 Å². The number of non-ortho nitro benzene ring substituents is 1.